The standard InChI is InChI=1S/C35H22N2S/c1-2-10-23(11-3-1)25-21-29(35-30(22-25)34-33(38-35)18-9-19-36-34)24-12-8-13-26(20-24)37-31-16-6-4-14-27(31)28-15-5-7-17-32(28)37/h1-22H. The second kappa shape index (κ2) is 8.41. The van der Waals surface area contributed by atoms with Crippen LogP contribution >= 0.6 is 11.3 Å². The van der Waals surface area contributed by atoms with Crippen molar-refractivity contribution in [2.45, 2.75) is 0 Å². The Bertz CT molecular complexity index is 2080. The molecule has 3 aromatic heterocycles. The summed E-state index contributed by atoms with van der Waals surface area (Å²) < 4.78 is 4.88. The first-order valence-corrected chi connectivity index (χ1v) is 13.6. The molecule has 0 unspecified atom stereocenters. The lowest BCUT2D eigenvalue weighted by atomic mass is 9.96. The lowest BCUT2D eigenvalue weighted by Crippen LogP contribution is -1.94. The Morgan fingerprint density at radius 3 is 2.03 bits per heavy atom. The van der Waals surface area contributed by atoms with Crippen LogP contribution in [0.15, 0.2) is 134 Å². The summed E-state index contributed by atoms with van der Waals surface area (Å²) >= 11 is 1.83. The molecular weight excluding hydrogens is 480 g/mol. The van der Waals surface area contributed by atoms with Crippen LogP contribution in [0.2, 0.25) is 0 Å². The Kier molecular flexibility index (Phi) is 4.73. The Morgan fingerprint density at radius 1 is 0.526 bits per heavy atom. The first kappa shape index (κ1) is 21.4. The van der Waals surface area contributed by atoms with E-state index in [-0.39, 0.29) is 0 Å². The van der Waals surface area contributed by atoms with E-state index in [1.54, 1.807) is 0 Å². The maximum Gasteiger partial charge on any atom is 0.0888 e. The van der Waals surface area contributed by atoms with Crippen LogP contribution in [0.1, 0.15) is 0 Å². The summed E-state index contributed by atoms with van der Waals surface area (Å²) in [5.74, 6) is 0. The molecule has 8 aromatic rings. The van der Waals surface area contributed by atoms with E-state index in [0.29, 0.717) is 0 Å². The fourth-order valence-corrected chi connectivity index (χ4v) is 6.90. The highest BCUT2D eigenvalue weighted by Crippen LogP contribution is 2.42. The third-order valence-corrected chi connectivity index (χ3v) is 8.62. The molecule has 38 heavy (non-hydrogen) atoms. The van der Waals surface area contributed by atoms with Crippen LogP contribution in [-0.2, 0) is 0 Å². The predicted molar refractivity (Wildman–Crippen MR) is 162 cm³/mol. The number of hydrogen-bond donors (Lipinski definition) is 0. The SMILES string of the molecule is c1ccc(-c2cc(-c3cccc(-n4c5ccccc5c5ccccc54)c3)c3sc4cccnc4c3c2)cc1. The highest BCUT2D eigenvalue weighted by molar-refractivity contribution is 7.26. The molecule has 0 amide bonds. The van der Waals surface area contributed by atoms with Gasteiger partial charge in [-0.2, -0.15) is 0 Å². The van der Waals surface area contributed by atoms with Crippen molar-refractivity contribution in [3.05, 3.63) is 134 Å². The van der Waals surface area contributed by atoms with Gasteiger partial charge in [0.1, 0.15) is 0 Å². The fourth-order valence-electron chi connectivity index (χ4n) is 5.72. The zero-order chi connectivity index (χ0) is 25.1. The molecule has 0 radical (unpaired) electrons. The van der Waals surface area contributed by atoms with E-state index in [4.69, 9.17) is 4.98 Å². The van der Waals surface area contributed by atoms with E-state index in [2.05, 4.69) is 126 Å². The maximum atomic E-state index is 4.77. The zero-order valence-electron chi connectivity index (χ0n) is 20.5. The summed E-state index contributed by atoms with van der Waals surface area (Å²) in [5.41, 5.74) is 9.55. The Morgan fingerprint density at radius 2 is 1.24 bits per heavy atom. The average molecular weight is 503 g/mol. The molecule has 3 heterocycles. The van der Waals surface area contributed by atoms with Crippen LogP contribution in [0.25, 0.3) is 70.0 Å². The summed E-state index contributed by atoms with van der Waals surface area (Å²) in [6.45, 7) is 0. The summed E-state index contributed by atoms with van der Waals surface area (Å²) in [6, 6.07) is 45.8. The highest BCUT2D eigenvalue weighted by Gasteiger charge is 2.16. The smallest absolute Gasteiger partial charge is 0.0888 e. The van der Waals surface area contributed by atoms with E-state index in [1.807, 2.05) is 23.6 Å². The van der Waals surface area contributed by atoms with Crippen molar-refractivity contribution in [2.75, 3.05) is 0 Å². The van der Waals surface area contributed by atoms with Crippen molar-refractivity contribution in [1.82, 2.24) is 9.55 Å². The Hall–Kier alpha value is -4.73. The van der Waals surface area contributed by atoms with Crippen LogP contribution in [-0.4, -0.2) is 9.55 Å². The molecule has 3 heteroatoms. The molecule has 0 saturated carbocycles. The van der Waals surface area contributed by atoms with Gasteiger partial charge in [0.15, 0.2) is 0 Å². The van der Waals surface area contributed by atoms with E-state index in [9.17, 15) is 0 Å². The fraction of sp³-hybridized carbons (Fsp3) is 0. The molecule has 0 bridgehead atoms. The number of benzene rings is 5. The number of nitrogens with zero attached hydrogens (tertiary/aromatic N) is 2. The molecule has 0 aliphatic carbocycles. The van der Waals surface area contributed by atoms with Crippen molar-refractivity contribution in [2.24, 2.45) is 0 Å². The van der Waals surface area contributed by atoms with Gasteiger partial charge in [-0.05, 0) is 65.2 Å². The van der Waals surface area contributed by atoms with Gasteiger partial charge in [0.2, 0.25) is 0 Å². The van der Waals surface area contributed by atoms with Gasteiger partial charge in [0, 0.05) is 38.3 Å². The molecule has 0 aliphatic heterocycles. The summed E-state index contributed by atoms with van der Waals surface area (Å²) in [6.07, 6.45) is 1.90. The molecule has 0 atom stereocenters. The molecular formula is C35H22N2S. The highest BCUT2D eigenvalue weighted by atomic mass is 32.1. The monoisotopic (exact) mass is 502 g/mol. The van der Waals surface area contributed by atoms with E-state index >= 15 is 0 Å². The van der Waals surface area contributed by atoms with Crippen molar-refractivity contribution < 1.29 is 0 Å². The molecule has 5 aromatic carbocycles. The topological polar surface area (TPSA) is 17.8 Å². The van der Waals surface area contributed by atoms with Crippen molar-refractivity contribution in [3.8, 4) is 27.9 Å². The molecule has 8 rings (SSSR count). The van der Waals surface area contributed by atoms with Crippen LogP contribution in [0.5, 0.6) is 0 Å². The molecule has 0 saturated heterocycles. The number of rotatable bonds is 3. The van der Waals surface area contributed by atoms with Gasteiger partial charge >= 0.3 is 0 Å². The van der Waals surface area contributed by atoms with Crippen molar-refractivity contribution in [3.63, 3.8) is 0 Å². The Labute approximate surface area is 224 Å². The molecule has 0 spiro atoms. The summed E-state index contributed by atoms with van der Waals surface area (Å²) in [5, 5.41) is 3.76. The Balaban J connectivity index is 1.42. The second-order valence-electron chi connectivity index (χ2n) is 9.64. The largest absolute Gasteiger partial charge is 0.309 e. The number of thiophene rings is 1. The zero-order valence-corrected chi connectivity index (χ0v) is 21.3. The van der Waals surface area contributed by atoms with Gasteiger partial charge < -0.3 is 4.57 Å². The van der Waals surface area contributed by atoms with Crippen molar-refractivity contribution in [1.29, 1.82) is 0 Å². The van der Waals surface area contributed by atoms with Gasteiger partial charge in [-0.3, -0.25) is 4.98 Å². The molecule has 0 N–H and O–H groups in total. The minimum Gasteiger partial charge on any atom is -0.309 e. The third-order valence-electron chi connectivity index (χ3n) is 7.43. The van der Waals surface area contributed by atoms with Gasteiger partial charge in [0.05, 0.1) is 21.3 Å². The van der Waals surface area contributed by atoms with Gasteiger partial charge in [-0.15, -0.1) is 11.3 Å². The number of para-hydroxylation sites is 2. The number of fused-ring (bicyclic) bond motifs is 6. The van der Waals surface area contributed by atoms with E-state index in [1.165, 1.54) is 58.8 Å². The average Bonchev–Trinajstić information content (AvgIpc) is 3.53. The minimum absolute atomic E-state index is 1.07. The first-order chi connectivity index (χ1) is 18.8. The molecule has 2 nitrogen and oxygen atoms in total. The molecule has 178 valence electrons. The second-order valence-corrected chi connectivity index (χ2v) is 10.7. The summed E-state index contributed by atoms with van der Waals surface area (Å²) in [4.78, 5) is 4.77. The van der Waals surface area contributed by atoms with Crippen LogP contribution in [0.4, 0.5) is 0 Å². The first-order valence-electron chi connectivity index (χ1n) is 12.8. The van der Waals surface area contributed by atoms with Crippen LogP contribution in [0, 0.1) is 0 Å². The minimum atomic E-state index is 1.07. The van der Waals surface area contributed by atoms with Gasteiger partial charge in [0.25, 0.3) is 0 Å². The molecule has 0 fully saturated rings. The van der Waals surface area contributed by atoms with E-state index < -0.39 is 0 Å². The number of hydrogen-bond acceptors (Lipinski definition) is 2. The van der Waals surface area contributed by atoms with Gasteiger partial charge in [-0.1, -0.05) is 78.9 Å². The van der Waals surface area contributed by atoms with E-state index in [0.717, 1.165) is 11.2 Å². The quantitative estimate of drug-likeness (QED) is 0.235. The van der Waals surface area contributed by atoms with Crippen molar-refractivity contribution >= 4 is 53.4 Å². The summed E-state index contributed by atoms with van der Waals surface area (Å²) in [7, 11) is 0. The van der Waals surface area contributed by atoms with Gasteiger partial charge in [-0.25, -0.2) is 0 Å². The van der Waals surface area contributed by atoms with Crippen LogP contribution < -0.4 is 0 Å². The predicted octanol–water partition coefficient (Wildman–Crippen LogP) is 9.88. The number of pyridine rings is 1. The third kappa shape index (κ3) is 3.22. The normalized spacial score (nSPS) is 11.7. The lowest BCUT2D eigenvalue weighted by molar-refractivity contribution is 1.18. The van der Waals surface area contributed by atoms with Crippen LogP contribution in [0.3, 0.4) is 0 Å². The lowest BCUT2D eigenvalue weighted by Gasteiger charge is -2.12. The maximum absolute atomic E-state index is 4.77. The molecule has 0 aliphatic rings. The number of aromatic nitrogens is 2.